The molecule has 0 amide bonds. The molecule has 2 heteroatoms. The van der Waals surface area contributed by atoms with Gasteiger partial charge in [0.1, 0.15) is 0 Å². The summed E-state index contributed by atoms with van der Waals surface area (Å²) in [5.41, 5.74) is -0.352. The Morgan fingerprint density at radius 2 is 2.00 bits per heavy atom. The van der Waals surface area contributed by atoms with Crippen LogP contribution in [0.4, 0.5) is 0 Å². The molecular weight excluding hydrogens is 200 g/mol. The maximum atomic E-state index is 11.6. The SMILES string of the molecule is CC(C)(C)C(=O)OCCC1CC2CCC1C2. The molecule has 2 fully saturated rings. The predicted molar refractivity (Wildman–Crippen MR) is 64.0 cm³/mol. The minimum atomic E-state index is -0.352. The highest BCUT2D eigenvalue weighted by Gasteiger charge is 2.39. The lowest BCUT2D eigenvalue weighted by molar-refractivity contribution is -0.153. The Kier molecular flexibility index (Phi) is 3.27. The van der Waals surface area contributed by atoms with Crippen LogP contribution < -0.4 is 0 Å². The predicted octanol–water partition coefficient (Wildman–Crippen LogP) is 3.40. The second kappa shape index (κ2) is 4.38. The van der Waals surface area contributed by atoms with Gasteiger partial charge in [-0.2, -0.15) is 0 Å². The summed E-state index contributed by atoms with van der Waals surface area (Å²) in [6.45, 7) is 6.36. The molecule has 2 rings (SSSR count). The maximum absolute atomic E-state index is 11.6. The number of hydrogen-bond donors (Lipinski definition) is 0. The summed E-state index contributed by atoms with van der Waals surface area (Å²) in [5.74, 6) is 2.72. The highest BCUT2D eigenvalue weighted by atomic mass is 16.5. The molecule has 0 aliphatic heterocycles. The minimum Gasteiger partial charge on any atom is -0.465 e. The van der Waals surface area contributed by atoms with E-state index in [1.165, 1.54) is 25.7 Å². The quantitative estimate of drug-likeness (QED) is 0.687. The van der Waals surface area contributed by atoms with Crippen LogP contribution in [-0.4, -0.2) is 12.6 Å². The highest BCUT2D eigenvalue weighted by Crippen LogP contribution is 2.49. The van der Waals surface area contributed by atoms with Crippen molar-refractivity contribution in [1.82, 2.24) is 0 Å². The van der Waals surface area contributed by atoms with Gasteiger partial charge < -0.3 is 4.74 Å². The van der Waals surface area contributed by atoms with E-state index < -0.39 is 0 Å². The first-order valence-corrected chi connectivity index (χ1v) is 6.64. The highest BCUT2D eigenvalue weighted by molar-refractivity contribution is 5.75. The van der Waals surface area contributed by atoms with E-state index in [1.54, 1.807) is 0 Å². The van der Waals surface area contributed by atoms with Crippen LogP contribution in [0.15, 0.2) is 0 Å². The number of hydrogen-bond acceptors (Lipinski definition) is 2. The Hall–Kier alpha value is -0.530. The lowest BCUT2D eigenvalue weighted by Gasteiger charge is -2.22. The molecule has 0 saturated heterocycles. The standard InChI is InChI=1S/C14H24O2/c1-14(2,3)13(15)16-7-6-12-9-10-4-5-11(12)8-10/h10-12H,4-9H2,1-3H3. The molecule has 0 aromatic heterocycles. The van der Waals surface area contributed by atoms with Gasteiger partial charge in [-0.3, -0.25) is 4.79 Å². The molecule has 3 atom stereocenters. The van der Waals surface area contributed by atoms with E-state index in [1.807, 2.05) is 20.8 Å². The van der Waals surface area contributed by atoms with Gasteiger partial charge in [-0.25, -0.2) is 0 Å². The average Bonchev–Trinajstić information content (AvgIpc) is 2.77. The molecular formula is C14H24O2. The van der Waals surface area contributed by atoms with Crippen LogP contribution in [0.3, 0.4) is 0 Å². The molecule has 0 spiro atoms. The Morgan fingerprint density at radius 3 is 2.50 bits per heavy atom. The third-order valence-corrected chi connectivity index (χ3v) is 4.22. The van der Waals surface area contributed by atoms with Crippen molar-refractivity contribution in [1.29, 1.82) is 0 Å². The molecule has 0 aromatic rings. The molecule has 2 nitrogen and oxygen atoms in total. The summed E-state index contributed by atoms with van der Waals surface area (Å²) in [7, 11) is 0. The fourth-order valence-corrected chi connectivity index (χ4v) is 3.25. The summed E-state index contributed by atoms with van der Waals surface area (Å²) in [4.78, 5) is 11.6. The smallest absolute Gasteiger partial charge is 0.311 e. The Labute approximate surface area is 98.7 Å². The zero-order valence-electron chi connectivity index (χ0n) is 10.8. The molecule has 92 valence electrons. The van der Waals surface area contributed by atoms with Gasteiger partial charge in [-0.15, -0.1) is 0 Å². The number of carbonyl (C=O) groups is 1. The Balaban J connectivity index is 1.67. The first-order valence-electron chi connectivity index (χ1n) is 6.64. The van der Waals surface area contributed by atoms with Crippen LogP contribution >= 0.6 is 0 Å². The molecule has 2 bridgehead atoms. The van der Waals surface area contributed by atoms with Crippen molar-refractivity contribution >= 4 is 5.97 Å². The summed E-state index contributed by atoms with van der Waals surface area (Å²) >= 11 is 0. The summed E-state index contributed by atoms with van der Waals surface area (Å²) < 4.78 is 5.34. The fourth-order valence-electron chi connectivity index (χ4n) is 3.25. The van der Waals surface area contributed by atoms with Crippen LogP contribution in [0.25, 0.3) is 0 Å². The van der Waals surface area contributed by atoms with E-state index in [0.717, 1.165) is 24.2 Å². The largest absolute Gasteiger partial charge is 0.465 e. The minimum absolute atomic E-state index is 0.0596. The number of ether oxygens (including phenoxy) is 1. The van der Waals surface area contributed by atoms with E-state index in [9.17, 15) is 4.79 Å². The van der Waals surface area contributed by atoms with Crippen molar-refractivity contribution < 1.29 is 9.53 Å². The van der Waals surface area contributed by atoms with Crippen LogP contribution in [0.1, 0.15) is 52.9 Å². The van der Waals surface area contributed by atoms with Gasteiger partial charge in [0, 0.05) is 0 Å². The summed E-state index contributed by atoms with van der Waals surface area (Å²) in [5, 5.41) is 0. The summed E-state index contributed by atoms with van der Waals surface area (Å²) in [6.07, 6.45) is 6.78. The van der Waals surface area contributed by atoms with Crippen LogP contribution in [0, 0.1) is 23.2 Å². The molecule has 0 N–H and O–H groups in total. The van der Waals surface area contributed by atoms with Crippen LogP contribution in [-0.2, 0) is 9.53 Å². The van der Waals surface area contributed by atoms with E-state index in [2.05, 4.69) is 0 Å². The molecule has 16 heavy (non-hydrogen) atoms. The summed E-state index contributed by atoms with van der Waals surface area (Å²) in [6, 6.07) is 0. The average molecular weight is 224 g/mol. The third-order valence-electron chi connectivity index (χ3n) is 4.22. The zero-order valence-corrected chi connectivity index (χ0v) is 10.8. The van der Waals surface area contributed by atoms with Crippen molar-refractivity contribution in [2.45, 2.75) is 52.9 Å². The van der Waals surface area contributed by atoms with Gasteiger partial charge in [0.15, 0.2) is 0 Å². The second-order valence-corrected chi connectivity index (χ2v) is 6.61. The van der Waals surface area contributed by atoms with Gasteiger partial charge in [0.25, 0.3) is 0 Å². The molecule has 2 aliphatic carbocycles. The number of rotatable bonds is 3. The lowest BCUT2D eigenvalue weighted by Crippen LogP contribution is -2.24. The maximum Gasteiger partial charge on any atom is 0.311 e. The van der Waals surface area contributed by atoms with E-state index in [4.69, 9.17) is 4.74 Å². The Bertz CT molecular complexity index is 264. The zero-order chi connectivity index (χ0) is 11.8. The van der Waals surface area contributed by atoms with Crippen molar-refractivity contribution in [2.75, 3.05) is 6.61 Å². The molecule has 0 heterocycles. The normalized spacial score (nSPS) is 33.1. The van der Waals surface area contributed by atoms with Gasteiger partial charge >= 0.3 is 5.97 Å². The second-order valence-electron chi connectivity index (χ2n) is 6.61. The fraction of sp³-hybridized carbons (Fsp3) is 0.929. The number of carbonyl (C=O) groups excluding carboxylic acids is 1. The topological polar surface area (TPSA) is 26.3 Å². The third kappa shape index (κ3) is 2.58. The van der Waals surface area contributed by atoms with Gasteiger partial charge in [0.05, 0.1) is 12.0 Å². The Morgan fingerprint density at radius 1 is 1.25 bits per heavy atom. The van der Waals surface area contributed by atoms with E-state index in [0.29, 0.717) is 6.61 Å². The van der Waals surface area contributed by atoms with Crippen molar-refractivity contribution in [3.63, 3.8) is 0 Å². The van der Waals surface area contributed by atoms with Crippen LogP contribution in [0.5, 0.6) is 0 Å². The van der Waals surface area contributed by atoms with Crippen molar-refractivity contribution in [3.05, 3.63) is 0 Å². The van der Waals surface area contributed by atoms with Gasteiger partial charge in [-0.1, -0.05) is 6.42 Å². The number of fused-ring (bicyclic) bond motifs is 2. The molecule has 2 aliphatic rings. The van der Waals surface area contributed by atoms with Crippen molar-refractivity contribution in [3.8, 4) is 0 Å². The lowest BCUT2D eigenvalue weighted by atomic mass is 9.87. The van der Waals surface area contributed by atoms with E-state index >= 15 is 0 Å². The molecule has 0 radical (unpaired) electrons. The van der Waals surface area contributed by atoms with Gasteiger partial charge in [-0.05, 0) is 64.2 Å². The molecule has 0 aromatic carbocycles. The van der Waals surface area contributed by atoms with Gasteiger partial charge in [0.2, 0.25) is 0 Å². The number of esters is 1. The first-order chi connectivity index (χ1) is 7.47. The van der Waals surface area contributed by atoms with Crippen molar-refractivity contribution in [2.24, 2.45) is 23.2 Å². The van der Waals surface area contributed by atoms with E-state index in [-0.39, 0.29) is 11.4 Å². The molecule has 2 saturated carbocycles. The van der Waals surface area contributed by atoms with Crippen LogP contribution in [0.2, 0.25) is 0 Å². The first kappa shape index (κ1) is 11.9. The monoisotopic (exact) mass is 224 g/mol. The molecule has 3 unspecified atom stereocenters.